The maximum absolute atomic E-state index is 10.4. The number of para-hydroxylation sites is 1. The lowest BCUT2D eigenvalue weighted by atomic mass is 9.88. The summed E-state index contributed by atoms with van der Waals surface area (Å²) >= 11 is 1.76. The molecule has 88 valence electrons. The smallest absolute Gasteiger partial charge is 0.106 e. The summed E-state index contributed by atoms with van der Waals surface area (Å²) in [6, 6.07) is 8.32. The lowest BCUT2D eigenvalue weighted by Gasteiger charge is -2.34. The summed E-state index contributed by atoms with van der Waals surface area (Å²) in [5.74, 6) is 0. The molecule has 0 saturated heterocycles. The largest absolute Gasteiger partial charge is 0.390 e. The molecule has 2 unspecified atom stereocenters. The fraction of sp³-hybridized carbons (Fsp3) is 0.538. The SMILES string of the molecule is CN1c2ccccc2SC1C(O)C(C)(C)C. The Morgan fingerprint density at radius 1 is 1.31 bits per heavy atom. The van der Waals surface area contributed by atoms with Crippen molar-refractivity contribution in [2.45, 2.75) is 37.1 Å². The Bertz CT molecular complexity index is 386. The molecule has 0 spiro atoms. The van der Waals surface area contributed by atoms with Gasteiger partial charge in [-0.15, -0.1) is 0 Å². The Balaban J connectivity index is 2.25. The zero-order chi connectivity index (χ0) is 11.9. The monoisotopic (exact) mass is 237 g/mol. The van der Waals surface area contributed by atoms with Crippen LogP contribution in [0, 0.1) is 5.41 Å². The van der Waals surface area contributed by atoms with E-state index in [0.29, 0.717) is 0 Å². The summed E-state index contributed by atoms with van der Waals surface area (Å²) in [5.41, 5.74) is 1.13. The topological polar surface area (TPSA) is 23.5 Å². The number of fused-ring (bicyclic) bond motifs is 1. The Morgan fingerprint density at radius 3 is 2.50 bits per heavy atom. The zero-order valence-electron chi connectivity index (χ0n) is 10.3. The molecule has 1 N–H and O–H groups in total. The van der Waals surface area contributed by atoms with Crippen molar-refractivity contribution in [2.24, 2.45) is 5.41 Å². The molecular weight excluding hydrogens is 218 g/mol. The van der Waals surface area contributed by atoms with Crippen molar-refractivity contribution in [3.05, 3.63) is 24.3 Å². The minimum Gasteiger partial charge on any atom is -0.390 e. The number of hydrogen-bond acceptors (Lipinski definition) is 3. The van der Waals surface area contributed by atoms with Crippen LogP contribution in [0.5, 0.6) is 0 Å². The number of hydrogen-bond donors (Lipinski definition) is 1. The van der Waals surface area contributed by atoms with Gasteiger partial charge in [0.05, 0.1) is 11.8 Å². The summed E-state index contributed by atoms with van der Waals surface area (Å²) in [6.45, 7) is 6.24. The number of rotatable bonds is 1. The van der Waals surface area contributed by atoms with E-state index >= 15 is 0 Å². The van der Waals surface area contributed by atoms with Crippen LogP contribution in [0.1, 0.15) is 20.8 Å². The third kappa shape index (κ3) is 1.94. The third-order valence-electron chi connectivity index (χ3n) is 3.03. The molecule has 2 rings (SSSR count). The van der Waals surface area contributed by atoms with Gasteiger partial charge in [-0.3, -0.25) is 0 Å². The maximum atomic E-state index is 10.4. The Hall–Kier alpha value is -0.670. The summed E-state index contributed by atoms with van der Waals surface area (Å²) in [6.07, 6.45) is -0.338. The van der Waals surface area contributed by atoms with Gasteiger partial charge in [0, 0.05) is 11.9 Å². The van der Waals surface area contributed by atoms with Crippen molar-refractivity contribution in [3.8, 4) is 0 Å². The molecule has 1 aliphatic heterocycles. The van der Waals surface area contributed by atoms with Crippen molar-refractivity contribution < 1.29 is 5.11 Å². The lowest BCUT2D eigenvalue weighted by Crippen LogP contribution is -2.43. The van der Waals surface area contributed by atoms with Gasteiger partial charge < -0.3 is 10.0 Å². The number of aliphatic hydroxyl groups is 1. The van der Waals surface area contributed by atoms with Crippen LogP contribution >= 0.6 is 11.8 Å². The van der Waals surface area contributed by atoms with E-state index in [4.69, 9.17) is 0 Å². The van der Waals surface area contributed by atoms with Gasteiger partial charge in [-0.25, -0.2) is 0 Å². The Labute approximate surface area is 102 Å². The molecule has 1 aromatic carbocycles. The molecule has 0 aliphatic carbocycles. The van der Waals surface area contributed by atoms with Crippen LogP contribution in [-0.2, 0) is 0 Å². The third-order valence-corrected chi connectivity index (χ3v) is 4.45. The van der Waals surface area contributed by atoms with Crippen molar-refractivity contribution in [2.75, 3.05) is 11.9 Å². The van der Waals surface area contributed by atoms with Crippen LogP contribution in [0.25, 0.3) is 0 Å². The minimum atomic E-state index is -0.338. The van der Waals surface area contributed by atoms with E-state index in [1.54, 1.807) is 11.8 Å². The van der Waals surface area contributed by atoms with Crippen LogP contribution in [0.2, 0.25) is 0 Å². The first kappa shape index (κ1) is 11.8. The second-order valence-corrected chi connectivity index (χ2v) is 6.56. The molecule has 0 saturated carbocycles. The highest BCUT2D eigenvalue weighted by Crippen LogP contribution is 2.45. The summed E-state index contributed by atoms with van der Waals surface area (Å²) in [7, 11) is 2.05. The van der Waals surface area contributed by atoms with E-state index in [-0.39, 0.29) is 16.9 Å². The molecule has 2 atom stereocenters. The van der Waals surface area contributed by atoms with Crippen molar-refractivity contribution in [3.63, 3.8) is 0 Å². The molecule has 0 bridgehead atoms. The normalized spacial score (nSPS) is 22.1. The first-order valence-corrected chi connectivity index (χ1v) is 6.46. The van der Waals surface area contributed by atoms with Crippen LogP contribution in [0.3, 0.4) is 0 Å². The quantitative estimate of drug-likeness (QED) is 0.812. The molecule has 1 aromatic rings. The number of anilines is 1. The van der Waals surface area contributed by atoms with E-state index in [1.807, 2.05) is 12.1 Å². The summed E-state index contributed by atoms with van der Waals surface area (Å²) in [4.78, 5) is 3.44. The summed E-state index contributed by atoms with van der Waals surface area (Å²) in [5, 5.41) is 10.5. The molecular formula is C13H19NOS. The van der Waals surface area contributed by atoms with E-state index in [0.717, 1.165) is 0 Å². The van der Waals surface area contributed by atoms with Crippen LogP contribution in [0.4, 0.5) is 5.69 Å². The lowest BCUT2D eigenvalue weighted by molar-refractivity contribution is 0.0620. The van der Waals surface area contributed by atoms with Gasteiger partial charge in [-0.1, -0.05) is 44.7 Å². The van der Waals surface area contributed by atoms with Crippen LogP contribution in [0.15, 0.2) is 29.2 Å². The standard InChI is InChI=1S/C13H19NOS/c1-13(2,3)11(15)12-14(4)9-7-5-6-8-10(9)16-12/h5-8,11-12,15H,1-4H3. The molecule has 16 heavy (non-hydrogen) atoms. The van der Waals surface area contributed by atoms with Gasteiger partial charge in [0.15, 0.2) is 0 Å². The average Bonchev–Trinajstić information content (AvgIpc) is 2.54. The second kappa shape index (κ2) is 3.97. The highest BCUT2D eigenvalue weighted by Gasteiger charge is 2.38. The Kier molecular flexibility index (Phi) is 2.93. The fourth-order valence-electron chi connectivity index (χ4n) is 1.90. The number of benzene rings is 1. The van der Waals surface area contributed by atoms with Gasteiger partial charge in [-0.2, -0.15) is 0 Å². The predicted molar refractivity (Wildman–Crippen MR) is 70.0 cm³/mol. The number of likely N-dealkylation sites (N-methyl/N-ethyl adjacent to an activating group) is 1. The van der Waals surface area contributed by atoms with E-state index in [2.05, 4.69) is 44.9 Å². The maximum Gasteiger partial charge on any atom is 0.106 e. The van der Waals surface area contributed by atoms with Crippen molar-refractivity contribution >= 4 is 17.4 Å². The van der Waals surface area contributed by atoms with E-state index in [9.17, 15) is 5.11 Å². The molecule has 3 heteroatoms. The van der Waals surface area contributed by atoms with Crippen LogP contribution < -0.4 is 4.90 Å². The molecule has 0 aromatic heterocycles. The van der Waals surface area contributed by atoms with E-state index < -0.39 is 0 Å². The number of aliphatic hydroxyl groups excluding tert-OH is 1. The van der Waals surface area contributed by atoms with Crippen LogP contribution in [-0.4, -0.2) is 23.6 Å². The summed E-state index contributed by atoms with van der Waals surface area (Å²) < 4.78 is 0. The molecule has 0 amide bonds. The Morgan fingerprint density at radius 2 is 1.94 bits per heavy atom. The van der Waals surface area contributed by atoms with Gasteiger partial charge in [-0.05, 0) is 17.5 Å². The van der Waals surface area contributed by atoms with E-state index in [1.165, 1.54) is 10.6 Å². The predicted octanol–water partition coefficient (Wildman–Crippen LogP) is 2.96. The van der Waals surface area contributed by atoms with Crippen molar-refractivity contribution in [1.82, 2.24) is 0 Å². The fourth-order valence-corrected chi connectivity index (χ4v) is 3.46. The molecule has 1 heterocycles. The van der Waals surface area contributed by atoms with Crippen molar-refractivity contribution in [1.29, 1.82) is 0 Å². The van der Waals surface area contributed by atoms with Gasteiger partial charge in [0.25, 0.3) is 0 Å². The molecule has 1 aliphatic rings. The molecule has 0 fully saturated rings. The first-order valence-electron chi connectivity index (χ1n) is 5.58. The zero-order valence-corrected chi connectivity index (χ0v) is 11.1. The highest BCUT2D eigenvalue weighted by molar-refractivity contribution is 8.00. The molecule has 0 radical (unpaired) electrons. The highest BCUT2D eigenvalue weighted by atomic mass is 32.2. The molecule has 2 nitrogen and oxygen atoms in total. The second-order valence-electron chi connectivity index (χ2n) is 5.40. The average molecular weight is 237 g/mol. The minimum absolute atomic E-state index is 0.0893. The van der Waals surface area contributed by atoms with Gasteiger partial charge in [0.2, 0.25) is 0 Å². The van der Waals surface area contributed by atoms with Gasteiger partial charge in [0.1, 0.15) is 5.37 Å². The number of nitrogens with zero attached hydrogens (tertiary/aromatic N) is 1. The number of thioether (sulfide) groups is 1. The van der Waals surface area contributed by atoms with Gasteiger partial charge >= 0.3 is 0 Å². The first-order chi connectivity index (χ1) is 7.41.